The SMILES string of the molecule is CCCC/C=C/CC/C=C/CC/C=C/CCCC(O)C(O)C(CO)NC(=O)C(O)CCCCCCCCCCCCCCCCCCCCCCCCCCCCCCCCCCCCCCCC. The maximum absolute atomic E-state index is 12.6. The molecule has 0 aliphatic heterocycles. The van der Waals surface area contributed by atoms with Crippen LogP contribution in [0.5, 0.6) is 0 Å². The molecule has 0 fully saturated rings. The number of hydrogen-bond acceptors (Lipinski definition) is 5. The van der Waals surface area contributed by atoms with Gasteiger partial charge in [-0.2, -0.15) is 0 Å². The van der Waals surface area contributed by atoms with Gasteiger partial charge in [0.05, 0.1) is 18.8 Å². The van der Waals surface area contributed by atoms with Gasteiger partial charge in [0.25, 0.3) is 0 Å². The molecule has 1 amide bonds. The molecule has 408 valence electrons. The molecular weight excluding hydrogens is 851 g/mol. The van der Waals surface area contributed by atoms with Crippen LogP contribution < -0.4 is 5.32 Å². The molecule has 6 heteroatoms. The van der Waals surface area contributed by atoms with E-state index in [9.17, 15) is 25.2 Å². The summed E-state index contributed by atoms with van der Waals surface area (Å²) in [4.78, 5) is 12.6. The Bertz CT molecular complexity index is 1090. The van der Waals surface area contributed by atoms with Gasteiger partial charge in [-0.25, -0.2) is 0 Å². The van der Waals surface area contributed by atoms with Crippen molar-refractivity contribution in [2.45, 2.75) is 353 Å². The van der Waals surface area contributed by atoms with Gasteiger partial charge >= 0.3 is 0 Å². The zero-order valence-corrected chi connectivity index (χ0v) is 46.3. The lowest BCUT2D eigenvalue weighted by Crippen LogP contribution is -2.53. The first-order chi connectivity index (χ1) is 34.0. The minimum atomic E-state index is -1.29. The number of allylic oxidation sites excluding steroid dienone is 6. The first-order valence-electron chi connectivity index (χ1n) is 30.9. The molecule has 4 unspecified atom stereocenters. The fourth-order valence-electron chi connectivity index (χ4n) is 9.72. The number of aliphatic hydroxyl groups is 4. The summed E-state index contributed by atoms with van der Waals surface area (Å²) < 4.78 is 0. The average molecular weight is 973 g/mol. The third kappa shape index (κ3) is 51.2. The van der Waals surface area contributed by atoms with Crippen molar-refractivity contribution >= 4 is 5.91 Å². The third-order valence-corrected chi connectivity index (χ3v) is 14.6. The van der Waals surface area contributed by atoms with E-state index in [2.05, 4.69) is 55.6 Å². The highest BCUT2D eigenvalue weighted by Crippen LogP contribution is 2.19. The second-order valence-electron chi connectivity index (χ2n) is 21.4. The molecule has 6 nitrogen and oxygen atoms in total. The number of aliphatic hydroxyl groups excluding tert-OH is 4. The van der Waals surface area contributed by atoms with Crippen molar-refractivity contribution in [3.63, 3.8) is 0 Å². The predicted octanol–water partition coefficient (Wildman–Crippen LogP) is 18.4. The summed E-state index contributed by atoms with van der Waals surface area (Å²) in [6, 6.07) is -1.01. The Balaban J connectivity index is 3.50. The first kappa shape index (κ1) is 67.5. The van der Waals surface area contributed by atoms with Crippen molar-refractivity contribution < 1.29 is 25.2 Å². The molecular formula is C63H121NO5. The number of rotatable bonds is 57. The Labute approximate surface area is 430 Å². The van der Waals surface area contributed by atoms with Crippen molar-refractivity contribution in [3.05, 3.63) is 36.5 Å². The van der Waals surface area contributed by atoms with Gasteiger partial charge in [-0.15, -0.1) is 0 Å². The standard InChI is InChI=1S/C63H121NO5/c1-3-5-7-9-11-13-15-17-19-20-21-22-23-24-25-26-27-28-29-30-31-32-33-34-35-36-37-38-39-40-41-43-45-47-49-51-53-55-57-61(67)63(69)64-59(58-65)62(68)60(66)56-54-52-50-48-46-44-42-18-16-14-12-10-8-6-4-2/h10,12,18,42,48,50,59-62,65-68H,3-9,11,13-17,19-41,43-47,49,51-58H2,1-2H3,(H,64,69)/b12-10+,42-18+,50-48+. The van der Waals surface area contributed by atoms with Gasteiger partial charge in [0.2, 0.25) is 5.91 Å². The molecule has 0 aliphatic carbocycles. The minimum Gasteiger partial charge on any atom is -0.394 e. The predicted molar refractivity (Wildman–Crippen MR) is 302 cm³/mol. The Kier molecular flexibility index (Phi) is 56.2. The summed E-state index contributed by atoms with van der Waals surface area (Å²) in [6.07, 6.45) is 72.6. The maximum atomic E-state index is 12.6. The lowest BCUT2D eigenvalue weighted by atomic mass is 10.00. The highest BCUT2D eigenvalue weighted by atomic mass is 16.3. The number of unbranched alkanes of at least 4 members (excludes halogenated alkanes) is 42. The van der Waals surface area contributed by atoms with Crippen LogP contribution in [0.15, 0.2) is 36.5 Å². The zero-order valence-electron chi connectivity index (χ0n) is 46.3. The van der Waals surface area contributed by atoms with Crippen LogP contribution in [0.3, 0.4) is 0 Å². The van der Waals surface area contributed by atoms with Crippen molar-refractivity contribution in [1.82, 2.24) is 5.32 Å². The molecule has 0 aromatic rings. The Morgan fingerprint density at radius 2 is 0.609 bits per heavy atom. The van der Waals surface area contributed by atoms with Gasteiger partial charge in [-0.1, -0.05) is 307 Å². The van der Waals surface area contributed by atoms with Crippen LogP contribution in [0.2, 0.25) is 0 Å². The van der Waals surface area contributed by atoms with Crippen molar-refractivity contribution in [3.8, 4) is 0 Å². The zero-order chi connectivity index (χ0) is 50.2. The molecule has 0 rings (SSSR count). The van der Waals surface area contributed by atoms with E-state index in [1.807, 2.05) is 0 Å². The van der Waals surface area contributed by atoms with Crippen molar-refractivity contribution in [2.24, 2.45) is 0 Å². The molecule has 5 N–H and O–H groups in total. The van der Waals surface area contributed by atoms with E-state index in [1.54, 1.807) is 0 Å². The number of nitrogens with one attached hydrogen (secondary N) is 1. The van der Waals surface area contributed by atoms with Crippen LogP contribution in [0, 0.1) is 0 Å². The van der Waals surface area contributed by atoms with Crippen molar-refractivity contribution in [1.29, 1.82) is 0 Å². The quantitative estimate of drug-likeness (QED) is 0.0308. The summed E-state index contributed by atoms with van der Waals surface area (Å²) in [5, 5.41) is 43.9. The molecule has 0 radical (unpaired) electrons. The topological polar surface area (TPSA) is 110 Å². The lowest BCUT2D eigenvalue weighted by Gasteiger charge is -2.27. The van der Waals surface area contributed by atoms with Gasteiger partial charge in [-0.3, -0.25) is 4.79 Å². The highest BCUT2D eigenvalue weighted by Gasteiger charge is 2.28. The van der Waals surface area contributed by atoms with Crippen LogP contribution in [0.25, 0.3) is 0 Å². The summed E-state index contributed by atoms with van der Waals surface area (Å²) >= 11 is 0. The van der Waals surface area contributed by atoms with Crippen molar-refractivity contribution in [2.75, 3.05) is 6.61 Å². The summed E-state index contributed by atoms with van der Waals surface area (Å²) in [5.74, 6) is -0.595. The van der Waals surface area contributed by atoms with Crippen LogP contribution in [0.4, 0.5) is 0 Å². The first-order valence-corrected chi connectivity index (χ1v) is 30.9. The fraction of sp³-hybridized carbons (Fsp3) is 0.889. The maximum Gasteiger partial charge on any atom is 0.249 e. The molecule has 0 aromatic heterocycles. The van der Waals surface area contributed by atoms with Gasteiger partial charge in [-0.05, 0) is 57.8 Å². The van der Waals surface area contributed by atoms with Crippen LogP contribution in [0.1, 0.15) is 328 Å². The average Bonchev–Trinajstić information content (AvgIpc) is 3.35. The van der Waals surface area contributed by atoms with Crippen LogP contribution in [-0.2, 0) is 4.79 Å². The summed E-state index contributed by atoms with van der Waals surface area (Å²) in [6.45, 7) is 4.02. The third-order valence-electron chi connectivity index (χ3n) is 14.6. The van der Waals surface area contributed by atoms with Gasteiger partial charge in [0, 0.05) is 0 Å². The van der Waals surface area contributed by atoms with E-state index in [1.165, 1.54) is 244 Å². The smallest absolute Gasteiger partial charge is 0.249 e. The second-order valence-corrected chi connectivity index (χ2v) is 21.4. The summed E-state index contributed by atoms with van der Waals surface area (Å²) in [7, 11) is 0. The van der Waals surface area contributed by atoms with Gasteiger partial charge in [0.15, 0.2) is 0 Å². The Hall–Kier alpha value is -1.47. The molecule has 4 atom stereocenters. The monoisotopic (exact) mass is 972 g/mol. The largest absolute Gasteiger partial charge is 0.394 e. The summed E-state index contributed by atoms with van der Waals surface area (Å²) in [5.41, 5.74) is 0. The molecule has 0 bridgehead atoms. The molecule has 0 spiro atoms. The second kappa shape index (κ2) is 57.4. The van der Waals surface area contributed by atoms with Crippen LogP contribution in [-0.4, -0.2) is 57.3 Å². The van der Waals surface area contributed by atoms with Gasteiger partial charge in [0.1, 0.15) is 12.2 Å². The number of carbonyl (C=O) groups is 1. The molecule has 0 saturated carbocycles. The molecule has 0 saturated heterocycles. The minimum absolute atomic E-state index is 0.362. The fourth-order valence-corrected chi connectivity index (χ4v) is 9.72. The van der Waals surface area contributed by atoms with E-state index in [0.717, 1.165) is 51.4 Å². The Morgan fingerprint density at radius 1 is 0.348 bits per heavy atom. The number of hydrogen-bond donors (Lipinski definition) is 5. The molecule has 0 aliphatic rings. The normalized spacial score (nSPS) is 13.9. The van der Waals surface area contributed by atoms with E-state index in [4.69, 9.17) is 0 Å². The molecule has 69 heavy (non-hydrogen) atoms. The van der Waals surface area contributed by atoms with E-state index in [0.29, 0.717) is 19.3 Å². The lowest BCUT2D eigenvalue weighted by molar-refractivity contribution is -0.132. The number of carbonyl (C=O) groups excluding carboxylic acids is 1. The van der Waals surface area contributed by atoms with E-state index >= 15 is 0 Å². The molecule has 0 heterocycles. The van der Waals surface area contributed by atoms with Crippen LogP contribution >= 0.6 is 0 Å². The highest BCUT2D eigenvalue weighted by molar-refractivity contribution is 5.80. The Morgan fingerprint density at radius 3 is 0.899 bits per heavy atom. The van der Waals surface area contributed by atoms with Gasteiger partial charge < -0.3 is 25.7 Å². The number of amides is 1. The molecule has 0 aromatic carbocycles. The van der Waals surface area contributed by atoms with E-state index in [-0.39, 0.29) is 0 Å². The van der Waals surface area contributed by atoms with E-state index < -0.39 is 36.9 Å².